The minimum absolute atomic E-state index is 0.0727. The Morgan fingerprint density at radius 3 is 2.56 bits per heavy atom. The van der Waals surface area contributed by atoms with E-state index in [1.807, 2.05) is 0 Å². The van der Waals surface area contributed by atoms with Crippen LogP contribution in [0.4, 0.5) is 0 Å². The summed E-state index contributed by atoms with van der Waals surface area (Å²) in [4.78, 5) is 11.1. The molecule has 0 aromatic heterocycles. The largest absolute Gasteiger partial charge is 0.458 e. The first-order valence-corrected chi connectivity index (χ1v) is 5.96. The highest BCUT2D eigenvalue weighted by Crippen LogP contribution is 2.46. The molecule has 0 aromatic carbocycles. The number of hydrogen-bond donors (Lipinski definition) is 0. The van der Waals surface area contributed by atoms with Crippen LogP contribution in [-0.4, -0.2) is 12.1 Å². The Morgan fingerprint density at radius 1 is 1.06 bits per heavy atom. The van der Waals surface area contributed by atoms with E-state index in [1.54, 1.807) is 0 Å². The lowest BCUT2D eigenvalue weighted by molar-refractivity contribution is -0.146. The fourth-order valence-corrected chi connectivity index (χ4v) is 3.08. The van der Waals surface area contributed by atoms with E-state index in [9.17, 15) is 4.79 Å². The molecule has 0 N–H and O–H groups in total. The van der Waals surface area contributed by atoms with Crippen LogP contribution in [0.15, 0.2) is 36.5 Å². The zero-order valence-electron chi connectivity index (χ0n) is 9.37. The second-order valence-corrected chi connectivity index (χ2v) is 4.90. The Kier molecular flexibility index (Phi) is 2.23. The topological polar surface area (TPSA) is 26.3 Å². The van der Waals surface area contributed by atoms with Gasteiger partial charge in [-0.05, 0) is 30.3 Å². The van der Waals surface area contributed by atoms with Gasteiger partial charge in [-0.3, -0.25) is 4.79 Å². The minimum atomic E-state index is -0.188. The van der Waals surface area contributed by atoms with Crippen LogP contribution >= 0.6 is 0 Å². The van der Waals surface area contributed by atoms with Gasteiger partial charge in [0.05, 0.1) is 0 Å². The van der Waals surface area contributed by atoms with Gasteiger partial charge in [-0.25, -0.2) is 0 Å². The number of rotatable bonds is 1. The van der Waals surface area contributed by atoms with E-state index >= 15 is 0 Å². The van der Waals surface area contributed by atoms with Crippen molar-refractivity contribution < 1.29 is 9.53 Å². The maximum Gasteiger partial charge on any atom is 0.303 e. The fourth-order valence-electron chi connectivity index (χ4n) is 3.08. The number of allylic oxidation sites excluding steroid dienone is 4. The molecule has 16 heavy (non-hydrogen) atoms. The molecule has 84 valence electrons. The van der Waals surface area contributed by atoms with Gasteiger partial charge in [0.2, 0.25) is 0 Å². The van der Waals surface area contributed by atoms with Crippen LogP contribution in [-0.2, 0) is 9.53 Å². The molecule has 0 unspecified atom stereocenters. The van der Waals surface area contributed by atoms with Crippen LogP contribution in [0.3, 0.4) is 0 Å². The molecule has 0 aromatic rings. The van der Waals surface area contributed by atoms with E-state index in [0.29, 0.717) is 23.7 Å². The highest BCUT2D eigenvalue weighted by atomic mass is 16.5. The molecular formula is C14H16O2. The minimum Gasteiger partial charge on any atom is -0.458 e. The summed E-state index contributed by atoms with van der Waals surface area (Å²) in [6, 6.07) is 0. The smallest absolute Gasteiger partial charge is 0.303 e. The molecular weight excluding hydrogens is 200 g/mol. The van der Waals surface area contributed by atoms with Crippen LogP contribution in [0.25, 0.3) is 0 Å². The molecule has 2 bridgehead atoms. The van der Waals surface area contributed by atoms with Gasteiger partial charge in [-0.2, -0.15) is 0 Å². The van der Waals surface area contributed by atoms with Gasteiger partial charge < -0.3 is 4.74 Å². The van der Waals surface area contributed by atoms with Gasteiger partial charge in [0.1, 0.15) is 6.10 Å². The molecule has 0 aliphatic heterocycles. The van der Waals surface area contributed by atoms with E-state index in [-0.39, 0.29) is 12.1 Å². The van der Waals surface area contributed by atoms with Crippen LogP contribution in [0.2, 0.25) is 0 Å². The highest BCUT2D eigenvalue weighted by Gasteiger charge is 2.41. The zero-order valence-corrected chi connectivity index (χ0v) is 9.37. The summed E-state index contributed by atoms with van der Waals surface area (Å²) in [6.07, 6.45) is 14.4. The summed E-state index contributed by atoms with van der Waals surface area (Å²) in [7, 11) is 0. The van der Waals surface area contributed by atoms with E-state index < -0.39 is 0 Å². The SMILES string of the molecule is CC(=O)O[C@@H]1C=C[C@H]2CC=C[C@@H]1[C@@H]1C=C[C@@H]12. The summed E-state index contributed by atoms with van der Waals surface area (Å²) >= 11 is 0. The van der Waals surface area contributed by atoms with Crippen LogP contribution in [0, 0.1) is 23.7 Å². The van der Waals surface area contributed by atoms with Crippen molar-refractivity contribution in [2.75, 3.05) is 0 Å². The molecule has 3 aliphatic carbocycles. The molecule has 0 fully saturated rings. The fraction of sp³-hybridized carbons (Fsp3) is 0.500. The van der Waals surface area contributed by atoms with Crippen molar-refractivity contribution in [1.82, 2.24) is 0 Å². The lowest BCUT2D eigenvalue weighted by Gasteiger charge is -2.36. The first-order valence-electron chi connectivity index (χ1n) is 5.96. The maximum absolute atomic E-state index is 11.1. The molecule has 5 atom stereocenters. The van der Waals surface area contributed by atoms with Gasteiger partial charge in [0.15, 0.2) is 0 Å². The van der Waals surface area contributed by atoms with Crippen molar-refractivity contribution in [3.8, 4) is 0 Å². The molecule has 0 spiro atoms. The Bertz CT molecular complexity index is 392. The second kappa shape index (κ2) is 3.62. The first-order chi connectivity index (χ1) is 7.75. The Balaban J connectivity index is 1.92. The quantitative estimate of drug-likeness (QED) is 0.497. The highest BCUT2D eigenvalue weighted by molar-refractivity contribution is 5.66. The molecule has 0 saturated heterocycles. The van der Waals surface area contributed by atoms with Crippen molar-refractivity contribution >= 4 is 5.97 Å². The van der Waals surface area contributed by atoms with Crippen molar-refractivity contribution in [1.29, 1.82) is 0 Å². The Labute approximate surface area is 95.7 Å². The summed E-state index contributed by atoms with van der Waals surface area (Å²) in [5, 5.41) is 0. The molecule has 0 amide bonds. The average molecular weight is 216 g/mol. The molecule has 3 rings (SSSR count). The molecule has 0 saturated carbocycles. The van der Waals surface area contributed by atoms with Crippen molar-refractivity contribution in [3.63, 3.8) is 0 Å². The zero-order chi connectivity index (χ0) is 11.1. The molecule has 2 nitrogen and oxygen atoms in total. The predicted octanol–water partition coefficient (Wildman–Crippen LogP) is 2.48. The number of hydrogen-bond acceptors (Lipinski definition) is 2. The van der Waals surface area contributed by atoms with Crippen LogP contribution < -0.4 is 0 Å². The third-order valence-electron chi connectivity index (χ3n) is 3.93. The van der Waals surface area contributed by atoms with E-state index in [2.05, 4.69) is 36.5 Å². The van der Waals surface area contributed by atoms with Gasteiger partial charge in [0.25, 0.3) is 0 Å². The van der Waals surface area contributed by atoms with Gasteiger partial charge in [0, 0.05) is 12.8 Å². The third-order valence-corrected chi connectivity index (χ3v) is 3.93. The van der Waals surface area contributed by atoms with Gasteiger partial charge >= 0.3 is 5.97 Å². The van der Waals surface area contributed by atoms with Crippen LogP contribution in [0.1, 0.15) is 13.3 Å². The van der Waals surface area contributed by atoms with Crippen molar-refractivity contribution in [2.24, 2.45) is 23.7 Å². The van der Waals surface area contributed by atoms with E-state index in [4.69, 9.17) is 4.74 Å². The summed E-state index contributed by atoms with van der Waals surface area (Å²) in [5.41, 5.74) is 0. The lowest BCUT2D eigenvalue weighted by Crippen LogP contribution is -2.34. The second-order valence-electron chi connectivity index (χ2n) is 4.90. The number of esters is 1. The number of carbonyl (C=O) groups is 1. The standard InChI is InChI=1S/C14H16O2/c1-9(15)16-14-8-5-10-3-2-4-13(14)12-7-6-11(10)12/h2,4-8,10-14H,3H2,1H3/t10-,11-,12-,13-,14-/m1/s1. The molecule has 2 heteroatoms. The van der Waals surface area contributed by atoms with Gasteiger partial charge in [-0.15, -0.1) is 0 Å². The van der Waals surface area contributed by atoms with Gasteiger partial charge in [-0.1, -0.05) is 30.4 Å². The summed E-state index contributed by atoms with van der Waals surface area (Å²) < 4.78 is 5.40. The maximum atomic E-state index is 11.1. The van der Waals surface area contributed by atoms with E-state index in [1.165, 1.54) is 6.92 Å². The first kappa shape index (κ1) is 9.88. The third kappa shape index (κ3) is 1.44. The molecule has 0 heterocycles. The van der Waals surface area contributed by atoms with Crippen molar-refractivity contribution in [3.05, 3.63) is 36.5 Å². The van der Waals surface area contributed by atoms with Crippen LogP contribution in [0.5, 0.6) is 0 Å². The lowest BCUT2D eigenvalue weighted by atomic mass is 9.69. The Morgan fingerprint density at radius 2 is 1.88 bits per heavy atom. The van der Waals surface area contributed by atoms with Crippen molar-refractivity contribution in [2.45, 2.75) is 19.4 Å². The molecule has 0 radical (unpaired) electrons. The normalized spacial score (nSPS) is 43.2. The van der Waals surface area contributed by atoms with E-state index in [0.717, 1.165) is 6.42 Å². The Hall–Kier alpha value is -1.31. The summed E-state index contributed by atoms with van der Waals surface area (Å²) in [5.74, 6) is 1.95. The predicted molar refractivity (Wildman–Crippen MR) is 61.6 cm³/mol. The monoisotopic (exact) mass is 216 g/mol. The molecule has 3 aliphatic rings. The number of carbonyl (C=O) groups excluding carboxylic acids is 1. The average Bonchev–Trinajstić information content (AvgIpc) is 2.32. The number of ether oxygens (including phenoxy) is 1. The summed E-state index contributed by atoms with van der Waals surface area (Å²) in [6.45, 7) is 1.48.